The molecule has 0 spiro atoms. The lowest BCUT2D eigenvalue weighted by Gasteiger charge is -2.21. The van der Waals surface area contributed by atoms with Gasteiger partial charge < -0.3 is 20.5 Å². The van der Waals surface area contributed by atoms with Gasteiger partial charge in [0.2, 0.25) is 11.8 Å². The van der Waals surface area contributed by atoms with Gasteiger partial charge in [0, 0.05) is 25.8 Å². The van der Waals surface area contributed by atoms with Crippen molar-refractivity contribution in [2.75, 3.05) is 37.4 Å². The summed E-state index contributed by atoms with van der Waals surface area (Å²) in [7, 11) is 0. The molecule has 3 N–H and O–H groups in total. The van der Waals surface area contributed by atoms with Gasteiger partial charge in [-0.05, 0) is 25.2 Å². The van der Waals surface area contributed by atoms with Gasteiger partial charge in [0.05, 0.1) is 6.61 Å². The van der Waals surface area contributed by atoms with E-state index >= 15 is 0 Å². The van der Waals surface area contributed by atoms with Crippen LogP contribution in [0.4, 0.5) is 11.8 Å². The summed E-state index contributed by atoms with van der Waals surface area (Å²) in [5.41, 5.74) is 5.68. The third-order valence-electron chi connectivity index (χ3n) is 3.08. The molecule has 6 heteroatoms. The quantitative estimate of drug-likeness (QED) is 0.815. The molecule has 1 aromatic rings. The molecule has 1 saturated heterocycles. The summed E-state index contributed by atoms with van der Waals surface area (Å²) in [4.78, 5) is 8.22. The molecule has 1 aliphatic heterocycles. The number of anilines is 2. The first-order valence-corrected chi connectivity index (χ1v) is 6.87. The molecule has 0 atom stereocenters. The van der Waals surface area contributed by atoms with Crippen LogP contribution in [0.3, 0.4) is 0 Å². The number of hydrogen-bond donors (Lipinski definition) is 2. The maximum atomic E-state index is 5.72. The minimum absolute atomic E-state index is 0.239. The van der Waals surface area contributed by atoms with E-state index in [2.05, 4.69) is 22.2 Å². The van der Waals surface area contributed by atoms with Crippen LogP contribution in [-0.2, 0) is 4.74 Å². The maximum absolute atomic E-state index is 5.72. The van der Waals surface area contributed by atoms with Crippen LogP contribution in [-0.4, -0.2) is 36.3 Å². The fraction of sp³-hybridized carbons (Fsp3) is 0.692. The van der Waals surface area contributed by atoms with Gasteiger partial charge in [-0.2, -0.15) is 9.97 Å². The van der Waals surface area contributed by atoms with Crippen LogP contribution < -0.4 is 15.8 Å². The minimum atomic E-state index is 0.239. The van der Waals surface area contributed by atoms with Crippen LogP contribution in [0, 0.1) is 5.92 Å². The van der Waals surface area contributed by atoms with Crippen molar-refractivity contribution in [3.8, 4) is 5.88 Å². The molecular formula is C13H22N4O2. The number of nitrogens with zero attached hydrogens (tertiary/aromatic N) is 2. The van der Waals surface area contributed by atoms with Crippen molar-refractivity contribution in [2.45, 2.75) is 26.2 Å². The average Bonchev–Trinajstić information content (AvgIpc) is 2.43. The summed E-state index contributed by atoms with van der Waals surface area (Å²) in [6.07, 6.45) is 3.12. The van der Waals surface area contributed by atoms with Gasteiger partial charge in [-0.3, -0.25) is 0 Å². The zero-order chi connectivity index (χ0) is 13.5. The Labute approximate surface area is 113 Å². The highest BCUT2D eigenvalue weighted by Gasteiger charge is 2.15. The molecule has 0 amide bonds. The van der Waals surface area contributed by atoms with Gasteiger partial charge in [0.15, 0.2) is 0 Å². The van der Waals surface area contributed by atoms with E-state index in [1.165, 1.54) is 0 Å². The fourth-order valence-corrected chi connectivity index (χ4v) is 1.98. The van der Waals surface area contributed by atoms with E-state index < -0.39 is 0 Å². The minimum Gasteiger partial charge on any atom is -0.477 e. The largest absolute Gasteiger partial charge is 0.477 e. The molecule has 106 valence electrons. The Bertz CT molecular complexity index is 394. The normalized spacial score (nSPS) is 16.3. The highest BCUT2D eigenvalue weighted by molar-refractivity contribution is 5.42. The average molecular weight is 266 g/mol. The zero-order valence-electron chi connectivity index (χ0n) is 11.4. The molecule has 19 heavy (non-hydrogen) atoms. The van der Waals surface area contributed by atoms with Crippen molar-refractivity contribution >= 4 is 11.8 Å². The Kier molecular flexibility index (Phi) is 5.20. The van der Waals surface area contributed by atoms with E-state index in [0.717, 1.165) is 44.8 Å². The Morgan fingerprint density at radius 2 is 2.21 bits per heavy atom. The molecule has 1 fully saturated rings. The second kappa shape index (κ2) is 7.13. The van der Waals surface area contributed by atoms with Crippen molar-refractivity contribution in [2.24, 2.45) is 5.92 Å². The van der Waals surface area contributed by atoms with Crippen molar-refractivity contribution in [1.82, 2.24) is 9.97 Å². The molecular weight excluding hydrogens is 244 g/mol. The summed E-state index contributed by atoms with van der Waals surface area (Å²) in [5, 5.41) is 3.18. The third kappa shape index (κ3) is 4.55. The lowest BCUT2D eigenvalue weighted by molar-refractivity contribution is 0.0490. The van der Waals surface area contributed by atoms with Crippen molar-refractivity contribution in [3.05, 3.63) is 6.07 Å². The number of hydrogen-bond acceptors (Lipinski definition) is 6. The molecule has 1 aromatic heterocycles. The second-order valence-electron chi connectivity index (χ2n) is 4.74. The van der Waals surface area contributed by atoms with E-state index in [1.54, 1.807) is 6.07 Å². The summed E-state index contributed by atoms with van der Waals surface area (Å²) >= 11 is 0. The van der Waals surface area contributed by atoms with Gasteiger partial charge in [0.25, 0.3) is 0 Å². The number of nitrogen functional groups attached to an aromatic ring is 1. The molecule has 2 heterocycles. The first-order valence-electron chi connectivity index (χ1n) is 6.87. The molecule has 6 nitrogen and oxygen atoms in total. The number of nitrogens with two attached hydrogens (primary N) is 1. The monoisotopic (exact) mass is 266 g/mol. The first-order chi connectivity index (χ1) is 9.28. The number of rotatable bonds is 6. The lowest BCUT2D eigenvalue weighted by atomic mass is 10.0. The molecule has 0 saturated carbocycles. The van der Waals surface area contributed by atoms with E-state index in [1.807, 2.05) is 0 Å². The zero-order valence-corrected chi connectivity index (χ0v) is 11.4. The highest BCUT2D eigenvalue weighted by Crippen LogP contribution is 2.19. The molecule has 0 unspecified atom stereocenters. The highest BCUT2D eigenvalue weighted by atomic mass is 16.5. The fourth-order valence-electron chi connectivity index (χ4n) is 1.98. The summed E-state index contributed by atoms with van der Waals surface area (Å²) in [6, 6.07) is 1.80. The molecule has 2 rings (SSSR count). The Morgan fingerprint density at radius 1 is 1.42 bits per heavy atom. The molecule has 0 aromatic carbocycles. The van der Waals surface area contributed by atoms with Gasteiger partial charge in [-0.25, -0.2) is 0 Å². The van der Waals surface area contributed by atoms with Crippen molar-refractivity contribution in [1.29, 1.82) is 0 Å². The smallest absolute Gasteiger partial charge is 0.225 e. The SMILES string of the molecule is CCCNc1cc(OCC2CCOCC2)nc(N)n1. The third-order valence-corrected chi connectivity index (χ3v) is 3.08. The van der Waals surface area contributed by atoms with E-state index in [4.69, 9.17) is 15.2 Å². The van der Waals surface area contributed by atoms with Crippen LogP contribution >= 0.6 is 0 Å². The number of nitrogens with one attached hydrogen (secondary N) is 1. The van der Waals surface area contributed by atoms with E-state index in [9.17, 15) is 0 Å². The Hall–Kier alpha value is -1.56. The maximum Gasteiger partial charge on any atom is 0.225 e. The van der Waals surface area contributed by atoms with Gasteiger partial charge in [-0.15, -0.1) is 0 Å². The number of ether oxygens (including phenoxy) is 2. The Morgan fingerprint density at radius 3 is 2.95 bits per heavy atom. The topological polar surface area (TPSA) is 82.3 Å². The molecule has 0 radical (unpaired) electrons. The predicted molar refractivity (Wildman–Crippen MR) is 74.3 cm³/mol. The van der Waals surface area contributed by atoms with Crippen LogP contribution in [0.1, 0.15) is 26.2 Å². The van der Waals surface area contributed by atoms with Gasteiger partial charge in [0.1, 0.15) is 5.82 Å². The van der Waals surface area contributed by atoms with E-state index in [0.29, 0.717) is 18.4 Å². The second-order valence-corrected chi connectivity index (χ2v) is 4.74. The van der Waals surface area contributed by atoms with Crippen LogP contribution in [0.15, 0.2) is 6.07 Å². The van der Waals surface area contributed by atoms with Crippen LogP contribution in [0.25, 0.3) is 0 Å². The summed E-state index contributed by atoms with van der Waals surface area (Å²) < 4.78 is 11.0. The first kappa shape index (κ1) is 13.9. The van der Waals surface area contributed by atoms with Crippen LogP contribution in [0.2, 0.25) is 0 Å². The molecule has 1 aliphatic rings. The lowest BCUT2D eigenvalue weighted by Crippen LogP contribution is -2.21. The van der Waals surface area contributed by atoms with E-state index in [-0.39, 0.29) is 5.95 Å². The summed E-state index contributed by atoms with van der Waals surface area (Å²) in [6.45, 7) is 5.26. The molecule has 0 bridgehead atoms. The summed E-state index contributed by atoms with van der Waals surface area (Å²) in [5.74, 6) is 2.04. The Balaban J connectivity index is 1.89. The van der Waals surface area contributed by atoms with Crippen LogP contribution in [0.5, 0.6) is 5.88 Å². The van der Waals surface area contributed by atoms with Gasteiger partial charge >= 0.3 is 0 Å². The molecule has 0 aliphatic carbocycles. The number of aromatic nitrogens is 2. The van der Waals surface area contributed by atoms with Gasteiger partial charge in [-0.1, -0.05) is 6.92 Å². The standard InChI is InChI=1S/C13H22N4O2/c1-2-5-15-11-8-12(17-13(14)16-11)19-9-10-3-6-18-7-4-10/h8,10H,2-7,9H2,1H3,(H3,14,15,16,17). The van der Waals surface area contributed by atoms with Crippen molar-refractivity contribution in [3.63, 3.8) is 0 Å². The predicted octanol–water partition coefficient (Wildman–Crippen LogP) is 1.69. The van der Waals surface area contributed by atoms with Crippen molar-refractivity contribution < 1.29 is 9.47 Å².